The second-order valence-electron chi connectivity index (χ2n) is 3.72. The van der Waals surface area contributed by atoms with Crippen molar-refractivity contribution in [3.8, 4) is 0 Å². The van der Waals surface area contributed by atoms with Crippen LogP contribution in [0.4, 0.5) is 18.9 Å². The molecule has 18 heavy (non-hydrogen) atoms. The Hall–Kier alpha value is -1.62. The van der Waals surface area contributed by atoms with Gasteiger partial charge >= 0.3 is 0 Å². The highest BCUT2D eigenvalue weighted by Gasteiger charge is 2.04. The molecule has 0 aromatic heterocycles. The maximum Gasteiger partial charge on any atom is 0.159 e. The van der Waals surface area contributed by atoms with Crippen molar-refractivity contribution < 1.29 is 13.2 Å². The van der Waals surface area contributed by atoms with E-state index >= 15 is 0 Å². The molecular weight excluding hydrogens is 259 g/mol. The summed E-state index contributed by atoms with van der Waals surface area (Å²) in [4.78, 5) is 0.589. The normalized spacial score (nSPS) is 10.6. The van der Waals surface area contributed by atoms with Crippen LogP contribution in [0.15, 0.2) is 41.3 Å². The molecule has 2 aromatic carbocycles. The first-order valence-electron chi connectivity index (χ1n) is 5.18. The van der Waals surface area contributed by atoms with Crippen LogP contribution in [0.3, 0.4) is 0 Å². The van der Waals surface area contributed by atoms with Crippen LogP contribution in [0.5, 0.6) is 0 Å². The number of anilines is 1. The molecule has 0 saturated carbocycles. The van der Waals surface area contributed by atoms with E-state index in [9.17, 15) is 13.2 Å². The lowest BCUT2D eigenvalue weighted by molar-refractivity contribution is 0.506. The summed E-state index contributed by atoms with van der Waals surface area (Å²) in [6.07, 6.45) is 0. The van der Waals surface area contributed by atoms with Crippen LogP contribution >= 0.6 is 11.8 Å². The predicted octanol–water partition coefficient (Wildman–Crippen LogP) is 3.98. The van der Waals surface area contributed by atoms with E-state index in [1.54, 1.807) is 6.07 Å². The van der Waals surface area contributed by atoms with Crippen molar-refractivity contribution >= 4 is 17.4 Å². The molecule has 0 radical (unpaired) electrons. The number of hydrogen-bond acceptors (Lipinski definition) is 2. The van der Waals surface area contributed by atoms with Gasteiger partial charge in [0.05, 0.1) is 5.69 Å². The van der Waals surface area contributed by atoms with Gasteiger partial charge in [0.1, 0.15) is 5.82 Å². The zero-order valence-electron chi connectivity index (χ0n) is 9.29. The summed E-state index contributed by atoms with van der Waals surface area (Å²) >= 11 is 1.30. The van der Waals surface area contributed by atoms with Gasteiger partial charge in [-0.1, -0.05) is 6.07 Å². The van der Waals surface area contributed by atoms with E-state index < -0.39 is 17.5 Å². The molecule has 2 N–H and O–H groups in total. The predicted molar refractivity (Wildman–Crippen MR) is 66.7 cm³/mol. The molecular formula is C13H10F3NS. The summed E-state index contributed by atoms with van der Waals surface area (Å²) < 4.78 is 38.8. The largest absolute Gasteiger partial charge is 0.396 e. The molecule has 2 rings (SSSR count). The molecule has 0 spiro atoms. The SMILES string of the molecule is Nc1ccc(CSc2ccc(F)c(F)c2)cc1F. The Kier molecular flexibility index (Phi) is 3.81. The molecule has 0 heterocycles. The van der Waals surface area contributed by atoms with Gasteiger partial charge < -0.3 is 5.73 Å². The Balaban J connectivity index is 2.06. The topological polar surface area (TPSA) is 26.0 Å². The summed E-state index contributed by atoms with van der Waals surface area (Å²) in [5.74, 6) is -1.78. The smallest absolute Gasteiger partial charge is 0.159 e. The lowest BCUT2D eigenvalue weighted by atomic mass is 10.2. The first kappa shape index (κ1) is 12.8. The second kappa shape index (κ2) is 5.35. The lowest BCUT2D eigenvalue weighted by Gasteiger charge is -2.04. The van der Waals surface area contributed by atoms with E-state index in [1.807, 2.05) is 0 Å². The summed E-state index contributed by atoms with van der Waals surface area (Å²) in [7, 11) is 0. The molecule has 0 atom stereocenters. The third-order valence-corrected chi connectivity index (χ3v) is 3.43. The zero-order chi connectivity index (χ0) is 13.1. The number of halogens is 3. The fourth-order valence-electron chi connectivity index (χ4n) is 1.39. The monoisotopic (exact) mass is 269 g/mol. The van der Waals surface area contributed by atoms with Crippen LogP contribution in [0, 0.1) is 17.5 Å². The van der Waals surface area contributed by atoms with Gasteiger partial charge in [-0.25, -0.2) is 13.2 Å². The highest BCUT2D eigenvalue weighted by molar-refractivity contribution is 7.98. The summed E-state index contributed by atoms with van der Waals surface area (Å²) in [6, 6.07) is 8.19. The van der Waals surface area contributed by atoms with Crippen LogP contribution in [0.25, 0.3) is 0 Å². The van der Waals surface area contributed by atoms with Crippen molar-refractivity contribution in [3.05, 3.63) is 59.4 Å². The number of rotatable bonds is 3. The van der Waals surface area contributed by atoms with Gasteiger partial charge in [0.15, 0.2) is 11.6 Å². The van der Waals surface area contributed by atoms with Crippen molar-refractivity contribution in [1.29, 1.82) is 0 Å². The van der Waals surface area contributed by atoms with Gasteiger partial charge in [-0.15, -0.1) is 11.8 Å². The van der Waals surface area contributed by atoms with Crippen molar-refractivity contribution in [3.63, 3.8) is 0 Å². The summed E-state index contributed by atoms with van der Waals surface area (Å²) in [5, 5.41) is 0. The Morgan fingerprint density at radius 3 is 2.33 bits per heavy atom. The minimum atomic E-state index is -0.886. The van der Waals surface area contributed by atoms with Gasteiger partial charge in [0.2, 0.25) is 0 Å². The van der Waals surface area contributed by atoms with Gasteiger partial charge in [0.25, 0.3) is 0 Å². The van der Waals surface area contributed by atoms with E-state index in [0.29, 0.717) is 10.6 Å². The lowest BCUT2D eigenvalue weighted by Crippen LogP contribution is -1.92. The van der Waals surface area contributed by atoms with Crippen molar-refractivity contribution in [2.24, 2.45) is 0 Å². The molecule has 0 fully saturated rings. The minimum Gasteiger partial charge on any atom is -0.396 e. The highest BCUT2D eigenvalue weighted by atomic mass is 32.2. The molecule has 94 valence electrons. The van der Waals surface area contributed by atoms with E-state index in [2.05, 4.69) is 0 Å². The zero-order valence-corrected chi connectivity index (χ0v) is 10.1. The second-order valence-corrected chi connectivity index (χ2v) is 4.77. The van der Waals surface area contributed by atoms with Crippen molar-refractivity contribution in [2.75, 3.05) is 5.73 Å². The molecule has 0 aliphatic rings. The van der Waals surface area contributed by atoms with Crippen LogP contribution in [0.2, 0.25) is 0 Å². The van der Waals surface area contributed by atoms with E-state index in [1.165, 1.54) is 30.0 Å². The van der Waals surface area contributed by atoms with Crippen molar-refractivity contribution in [1.82, 2.24) is 0 Å². The Labute approximate surface area is 107 Å². The van der Waals surface area contributed by atoms with Crippen molar-refractivity contribution in [2.45, 2.75) is 10.6 Å². The minimum absolute atomic E-state index is 0.0941. The van der Waals surface area contributed by atoms with Gasteiger partial charge in [-0.05, 0) is 35.9 Å². The summed E-state index contributed by atoms with van der Waals surface area (Å²) in [6.45, 7) is 0. The van der Waals surface area contributed by atoms with E-state index in [4.69, 9.17) is 5.73 Å². The van der Waals surface area contributed by atoms with Crippen LogP contribution in [-0.2, 0) is 5.75 Å². The molecule has 1 nitrogen and oxygen atoms in total. The fourth-order valence-corrected chi connectivity index (χ4v) is 2.26. The van der Waals surface area contributed by atoms with Gasteiger partial charge in [-0.3, -0.25) is 0 Å². The molecule has 5 heteroatoms. The molecule has 2 aromatic rings. The molecule has 0 saturated heterocycles. The maximum absolute atomic E-state index is 13.2. The third-order valence-electron chi connectivity index (χ3n) is 2.36. The maximum atomic E-state index is 13.2. The quantitative estimate of drug-likeness (QED) is 0.673. The Morgan fingerprint density at radius 1 is 0.889 bits per heavy atom. The van der Waals surface area contributed by atoms with E-state index in [0.717, 1.165) is 17.7 Å². The number of benzene rings is 2. The average molecular weight is 269 g/mol. The molecule has 0 bridgehead atoms. The Bertz CT molecular complexity index is 521. The molecule has 0 aliphatic heterocycles. The fraction of sp³-hybridized carbons (Fsp3) is 0.0769. The van der Waals surface area contributed by atoms with Crippen LogP contribution in [-0.4, -0.2) is 0 Å². The van der Waals surface area contributed by atoms with Crippen LogP contribution in [0.1, 0.15) is 5.56 Å². The first-order valence-corrected chi connectivity index (χ1v) is 6.16. The first-order chi connectivity index (χ1) is 8.56. The Morgan fingerprint density at radius 2 is 1.67 bits per heavy atom. The number of hydrogen-bond donors (Lipinski definition) is 1. The average Bonchev–Trinajstić information content (AvgIpc) is 2.35. The van der Waals surface area contributed by atoms with Gasteiger partial charge in [-0.2, -0.15) is 0 Å². The van der Waals surface area contributed by atoms with Gasteiger partial charge in [0, 0.05) is 10.6 Å². The number of nitrogens with two attached hydrogens (primary N) is 1. The summed E-state index contributed by atoms with van der Waals surface area (Å²) in [5.41, 5.74) is 6.19. The highest BCUT2D eigenvalue weighted by Crippen LogP contribution is 2.25. The number of nitrogen functional groups attached to an aromatic ring is 1. The molecule has 0 aliphatic carbocycles. The van der Waals surface area contributed by atoms with Crippen LogP contribution < -0.4 is 5.73 Å². The van der Waals surface area contributed by atoms with E-state index in [-0.39, 0.29) is 5.69 Å². The standard InChI is InChI=1S/C13H10F3NS/c14-10-3-2-9(6-11(10)15)18-7-8-1-4-13(17)12(16)5-8/h1-6H,7,17H2. The molecule has 0 amide bonds. The third kappa shape index (κ3) is 2.98. The molecule has 0 unspecified atom stereocenters. The number of thioether (sulfide) groups is 1.